The molecule has 0 bridgehead atoms. The van der Waals surface area contributed by atoms with Crippen LogP contribution >= 0.6 is 0 Å². The molecule has 8 nitrogen and oxygen atoms in total. The molecular formula is C15H15N5O3. The number of pyridine rings is 1. The molecule has 0 spiro atoms. The molecule has 3 aromatic rings. The van der Waals surface area contributed by atoms with Gasteiger partial charge in [0.15, 0.2) is 0 Å². The van der Waals surface area contributed by atoms with E-state index in [1.807, 2.05) is 28.8 Å². The first-order valence-corrected chi connectivity index (χ1v) is 6.93. The number of carbonyl (C=O) groups is 2. The van der Waals surface area contributed by atoms with Crippen LogP contribution in [-0.4, -0.2) is 33.2 Å². The number of amides is 2. The SMILES string of the molecule is NC(=O)c1cc2c3ccccc3n(CCNC(=O)O)c2nc1N. The van der Waals surface area contributed by atoms with Crippen LogP contribution < -0.4 is 16.8 Å². The van der Waals surface area contributed by atoms with Crippen molar-refractivity contribution in [1.29, 1.82) is 0 Å². The summed E-state index contributed by atoms with van der Waals surface area (Å²) in [5.74, 6) is -0.582. The highest BCUT2D eigenvalue weighted by Gasteiger charge is 2.16. The van der Waals surface area contributed by atoms with Crippen molar-refractivity contribution in [3.8, 4) is 0 Å². The van der Waals surface area contributed by atoms with Crippen LogP contribution in [0.2, 0.25) is 0 Å². The van der Waals surface area contributed by atoms with E-state index in [9.17, 15) is 9.59 Å². The number of rotatable bonds is 4. The molecule has 0 saturated heterocycles. The molecule has 6 N–H and O–H groups in total. The third-order valence-corrected chi connectivity index (χ3v) is 3.65. The predicted octanol–water partition coefficient (Wildman–Crippen LogP) is 1.14. The summed E-state index contributed by atoms with van der Waals surface area (Å²) in [5.41, 5.74) is 12.8. The van der Waals surface area contributed by atoms with Gasteiger partial charge in [-0.2, -0.15) is 0 Å². The summed E-state index contributed by atoms with van der Waals surface area (Å²) < 4.78 is 1.86. The number of nitrogens with two attached hydrogens (primary N) is 2. The van der Waals surface area contributed by atoms with Gasteiger partial charge in [0.05, 0.1) is 11.1 Å². The molecule has 0 radical (unpaired) electrons. The second kappa shape index (κ2) is 5.48. The zero-order valence-corrected chi connectivity index (χ0v) is 12.1. The Kier molecular flexibility index (Phi) is 3.49. The highest BCUT2D eigenvalue weighted by atomic mass is 16.4. The zero-order valence-electron chi connectivity index (χ0n) is 12.1. The van der Waals surface area contributed by atoms with Crippen molar-refractivity contribution in [3.05, 3.63) is 35.9 Å². The number of carbonyl (C=O) groups excluding carboxylic acids is 1. The fourth-order valence-electron chi connectivity index (χ4n) is 2.67. The van der Waals surface area contributed by atoms with Crippen molar-refractivity contribution in [2.24, 2.45) is 5.73 Å². The van der Waals surface area contributed by atoms with Crippen molar-refractivity contribution in [1.82, 2.24) is 14.9 Å². The van der Waals surface area contributed by atoms with E-state index in [4.69, 9.17) is 16.6 Å². The van der Waals surface area contributed by atoms with Crippen LogP contribution in [0.15, 0.2) is 30.3 Å². The Labute approximate surface area is 130 Å². The Bertz CT molecular complexity index is 932. The standard InChI is InChI=1S/C15H15N5O3/c16-12-10(13(17)21)7-9-8-3-1-2-4-11(8)20(14(9)19-12)6-5-18-15(22)23/h1-4,7,18H,5-6H2,(H2,16,19)(H2,17,21)(H,22,23). The number of nitrogens with zero attached hydrogens (tertiary/aromatic N) is 2. The van der Waals surface area contributed by atoms with E-state index < -0.39 is 12.0 Å². The van der Waals surface area contributed by atoms with Crippen LogP contribution in [0.3, 0.4) is 0 Å². The molecule has 0 saturated carbocycles. The summed E-state index contributed by atoms with van der Waals surface area (Å²) in [6.07, 6.45) is -1.09. The van der Waals surface area contributed by atoms with E-state index in [0.29, 0.717) is 12.2 Å². The van der Waals surface area contributed by atoms with Crippen molar-refractivity contribution >= 4 is 39.8 Å². The molecule has 2 heterocycles. The minimum absolute atomic E-state index is 0.0558. The number of benzene rings is 1. The molecule has 0 aliphatic heterocycles. The highest BCUT2D eigenvalue weighted by Crippen LogP contribution is 2.29. The number of primary amides is 1. The van der Waals surface area contributed by atoms with Crippen LogP contribution in [0.1, 0.15) is 10.4 Å². The Morgan fingerprint density at radius 2 is 2.00 bits per heavy atom. The molecular weight excluding hydrogens is 298 g/mol. The molecule has 1 aromatic carbocycles. The lowest BCUT2D eigenvalue weighted by Gasteiger charge is -2.07. The first-order valence-electron chi connectivity index (χ1n) is 6.93. The van der Waals surface area contributed by atoms with E-state index in [1.54, 1.807) is 6.07 Å². The number of anilines is 1. The summed E-state index contributed by atoms with van der Waals surface area (Å²) >= 11 is 0. The quantitative estimate of drug-likeness (QED) is 0.572. The van der Waals surface area contributed by atoms with Crippen molar-refractivity contribution in [3.63, 3.8) is 0 Å². The van der Waals surface area contributed by atoms with Crippen LogP contribution in [-0.2, 0) is 6.54 Å². The van der Waals surface area contributed by atoms with Crippen LogP contribution in [0.25, 0.3) is 21.9 Å². The van der Waals surface area contributed by atoms with Gasteiger partial charge in [-0.05, 0) is 12.1 Å². The van der Waals surface area contributed by atoms with Gasteiger partial charge in [-0.3, -0.25) is 4.79 Å². The van der Waals surface area contributed by atoms with Gasteiger partial charge in [-0.25, -0.2) is 9.78 Å². The number of fused-ring (bicyclic) bond motifs is 3. The minimum Gasteiger partial charge on any atom is -0.465 e. The lowest BCUT2D eigenvalue weighted by atomic mass is 10.1. The molecule has 2 amide bonds. The van der Waals surface area contributed by atoms with Gasteiger partial charge >= 0.3 is 6.09 Å². The summed E-state index contributed by atoms with van der Waals surface area (Å²) in [6, 6.07) is 9.19. The summed E-state index contributed by atoms with van der Waals surface area (Å²) in [4.78, 5) is 26.4. The number of hydrogen-bond donors (Lipinski definition) is 4. The fraction of sp³-hybridized carbons (Fsp3) is 0.133. The summed E-state index contributed by atoms with van der Waals surface area (Å²) in [5, 5.41) is 12.7. The highest BCUT2D eigenvalue weighted by molar-refractivity contribution is 6.10. The third-order valence-electron chi connectivity index (χ3n) is 3.65. The van der Waals surface area contributed by atoms with E-state index in [2.05, 4.69) is 10.3 Å². The fourth-order valence-corrected chi connectivity index (χ4v) is 2.67. The van der Waals surface area contributed by atoms with E-state index in [1.165, 1.54) is 0 Å². The molecule has 0 unspecified atom stereocenters. The van der Waals surface area contributed by atoms with Gasteiger partial charge in [0.1, 0.15) is 11.5 Å². The molecule has 0 aliphatic carbocycles. The zero-order chi connectivity index (χ0) is 16.6. The first-order chi connectivity index (χ1) is 11.0. The summed E-state index contributed by atoms with van der Waals surface area (Å²) in [7, 11) is 0. The number of nitrogens with one attached hydrogen (secondary N) is 1. The van der Waals surface area contributed by atoms with Gasteiger partial charge < -0.3 is 26.5 Å². The van der Waals surface area contributed by atoms with Crippen molar-refractivity contribution < 1.29 is 14.7 Å². The normalized spacial score (nSPS) is 11.0. The minimum atomic E-state index is -1.09. The van der Waals surface area contributed by atoms with Gasteiger partial charge in [-0.1, -0.05) is 18.2 Å². The Morgan fingerprint density at radius 1 is 1.26 bits per heavy atom. The first kappa shape index (κ1) is 14.6. The van der Waals surface area contributed by atoms with E-state index >= 15 is 0 Å². The van der Waals surface area contributed by atoms with E-state index in [-0.39, 0.29) is 17.9 Å². The van der Waals surface area contributed by atoms with Crippen LogP contribution in [0, 0.1) is 0 Å². The Hall–Kier alpha value is -3.29. The molecule has 118 valence electrons. The average Bonchev–Trinajstić information content (AvgIpc) is 2.79. The largest absolute Gasteiger partial charge is 0.465 e. The summed E-state index contributed by atoms with van der Waals surface area (Å²) in [6.45, 7) is 0.612. The van der Waals surface area contributed by atoms with Crippen molar-refractivity contribution in [2.45, 2.75) is 6.54 Å². The molecule has 0 atom stereocenters. The number of aromatic nitrogens is 2. The Balaban J connectivity index is 2.22. The second-order valence-electron chi connectivity index (χ2n) is 5.06. The maximum absolute atomic E-state index is 11.5. The molecule has 2 aromatic heterocycles. The molecule has 23 heavy (non-hydrogen) atoms. The van der Waals surface area contributed by atoms with Crippen LogP contribution in [0.5, 0.6) is 0 Å². The van der Waals surface area contributed by atoms with Gasteiger partial charge in [0.25, 0.3) is 5.91 Å². The maximum atomic E-state index is 11.5. The van der Waals surface area contributed by atoms with E-state index in [0.717, 1.165) is 16.3 Å². The van der Waals surface area contributed by atoms with Gasteiger partial charge in [0, 0.05) is 23.9 Å². The lowest BCUT2D eigenvalue weighted by Crippen LogP contribution is -2.25. The van der Waals surface area contributed by atoms with Gasteiger partial charge in [-0.15, -0.1) is 0 Å². The predicted molar refractivity (Wildman–Crippen MR) is 86.2 cm³/mol. The number of carboxylic acid groups (broad SMARTS) is 1. The molecule has 3 rings (SSSR count). The maximum Gasteiger partial charge on any atom is 0.404 e. The number of nitrogen functional groups attached to an aromatic ring is 1. The van der Waals surface area contributed by atoms with Crippen LogP contribution in [0.4, 0.5) is 10.6 Å². The smallest absolute Gasteiger partial charge is 0.404 e. The average molecular weight is 313 g/mol. The topological polar surface area (TPSA) is 136 Å². The molecule has 8 heteroatoms. The number of para-hydroxylation sites is 1. The Morgan fingerprint density at radius 3 is 2.70 bits per heavy atom. The second-order valence-corrected chi connectivity index (χ2v) is 5.06. The van der Waals surface area contributed by atoms with Crippen molar-refractivity contribution in [2.75, 3.05) is 12.3 Å². The molecule has 0 fully saturated rings. The molecule has 0 aliphatic rings. The lowest BCUT2D eigenvalue weighted by molar-refractivity contribution is 0.100. The third kappa shape index (κ3) is 2.50. The number of hydrogen-bond acceptors (Lipinski definition) is 4. The monoisotopic (exact) mass is 313 g/mol. The van der Waals surface area contributed by atoms with Gasteiger partial charge in [0.2, 0.25) is 0 Å².